The van der Waals surface area contributed by atoms with Gasteiger partial charge in [0.1, 0.15) is 0 Å². The SMILES string of the molecule is CN=C(NCC1CC(=O)N(C2CC2)C1)NC1CC1.I. The summed E-state index contributed by atoms with van der Waals surface area (Å²) in [5, 5.41) is 6.71. The van der Waals surface area contributed by atoms with Crippen molar-refractivity contribution in [3.05, 3.63) is 0 Å². The van der Waals surface area contributed by atoms with E-state index in [1.54, 1.807) is 7.05 Å². The quantitative estimate of drug-likeness (QED) is 0.435. The molecule has 1 atom stereocenters. The van der Waals surface area contributed by atoms with Crippen molar-refractivity contribution >= 4 is 35.8 Å². The fourth-order valence-electron chi connectivity index (χ4n) is 2.54. The smallest absolute Gasteiger partial charge is 0.223 e. The van der Waals surface area contributed by atoms with E-state index in [9.17, 15) is 4.79 Å². The van der Waals surface area contributed by atoms with Gasteiger partial charge in [-0.2, -0.15) is 0 Å². The number of amides is 1. The maximum Gasteiger partial charge on any atom is 0.223 e. The molecule has 5 nitrogen and oxygen atoms in total. The Labute approximate surface area is 131 Å². The summed E-state index contributed by atoms with van der Waals surface area (Å²) in [5.41, 5.74) is 0. The molecule has 1 saturated heterocycles. The zero-order chi connectivity index (χ0) is 12.5. The molecule has 0 bridgehead atoms. The standard InChI is InChI=1S/C13H22N4O.HI/c1-14-13(16-10-2-3-10)15-7-9-6-12(18)17(8-9)11-4-5-11;/h9-11H,2-8H2,1H3,(H2,14,15,16);1H. The van der Waals surface area contributed by atoms with Gasteiger partial charge in [-0.25, -0.2) is 0 Å². The van der Waals surface area contributed by atoms with Gasteiger partial charge in [0.15, 0.2) is 5.96 Å². The Kier molecular flexibility index (Phi) is 4.92. The number of carbonyl (C=O) groups is 1. The fraction of sp³-hybridized carbons (Fsp3) is 0.846. The van der Waals surface area contributed by atoms with Crippen molar-refractivity contribution in [1.29, 1.82) is 0 Å². The molecule has 0 aromatic carbocycles. The number of hydrogen-bond acceptors (Lipinski definition) is 2. The van der Waals surface area contributed by atoms with E-state index in [1.807, 2.05) is 0 Å². The molecular weight excluding hydrogens is 355 g/mol. The lowest BCUT2D eigenvalue weighted by molar-refractivity contribution is -0.128. The van der Waals surface area contributed by atoms with E-state index in [1.165, 1.54) is 25.7 Å². The lowest BCUT2D eigenvalue weighted by atomic mass is 10.1. The van der Waals surface area contributed by atoms with Crippen LogP contribution in [0.15, 0.2) is 4.99 Å². The predicted octanol–water partition coefficient (Wildman–Crippen LogP) is 0.943. The highest BCUT2D eigenvalue weighted by molar-refractivity contribution is 14.0. The van der Waals surface area contributed by atoms with E-state index in [2.05, 4.69) is 20.5 Å². The number of carbonyl (C=O) groups excluding carboxylic acids is 1. The molecule has 2 aliphatic carbocycles. The molecule has 2 N–H and O–H groups in total. The summed E-state index contributed by atoms with van der Waals surface area (Å²) in [5.74, 6) is 1.67. The van der Waals surface area contributed by atoms with Gasteiger partial charge in [0.2, 0.25) is 5.91 Å². The molecule has 108 valence electrons. The summed E-state index contributed by atoms with van der Waals surface area (Å²) in [7, 11) is 1.80. The number of likely N-dealkylation sites (tertiary alicyclic amines) is 1. The van der Waals surface area contributed by atoms with Gasteiger partial charge in [-0.1, -0.05) is 0 Å². The van der Waals surface area contributed by atoms with Gasteiger partial charge < -0.3 is 15.5 Å². The monoisotopic (exact) mass is 378 g/mol. The Balaban J connectivity index is 0.00000133. The van der Waals surface area contributed by atoms with E-state index < -0.39 is 0 Å². The number of guanidine groups is 1. The molecular formula is C13H23IN4O. The van der Waals surface area contributed by atoms with E-state index in [4.69, 9.17) is 0 Å². The topological polar surface area (TPSA) is 56.7 Å². The molecule has 1 aliphatic heterocycles. The number of halogens is 1. The molecule has 1 heterocycles. The third kappa shape index (κ3) is 3.97. The van der Waals surface area contributed by atoms with E-state index >= 15 is 0 Å². The van der Waals surface area contributed by atoms with Gasteiger partial charge in [-0.05, 0) is 25.7 Å². The van der Waals surface area contributed by atoms with E-state index in [-0.39, 0.29) is 24.0 Å². The zero-order valence-corrected chi connectivity index (χ0v) is 13.7. The first-order chi connectivity index (χ1) is 8.76. The highest BCUT2D eigenvalue weighted by atomic mass is 127. The van der Waals surface area contributed by atoms with Crippen LogP contribution in [-0.2, 0) is 4.79 Å². The molecule has 0 aromatic heterocycles. The summed E-state index contributed by atoms with van der Waals surface area (Å²) >= 11 is 0. The van der Waals surface area contributed by atoms with Crippen molar-refractivity contribution in [3.63, 3.8) is 0 Å². The predicted molar refractivity (Wildman–Crippen MR) is 85.8 cm³/mol. The van der Waals surface area contributed by atoms with Gasteiger partial charge >= 0.3 is 0 Å². The summed E-state index contributed by atoms with van der Waals surface area (Å²) < 4.78 is 0. The van der Waals surface area contributed by atoms with Crippen LogP contribution in [0.1, 0.15) is 32.1 Å². The number of nitrogens with one attached hydrogen (secondary N) is 2. The van der Waals surface area contributed by atoms with Gasteiger partial charge in [0.05, 0.1) is 0 Å². The van der Waals surface area contributed by atoms with Crippen molar-refractivity contribution < 1.29 is 4.79 Å². The molecule has 2 saturated carbocycles. The minimum absolute atomic E-state index is 0. The molecule has 19 heavy (non-hydrogen) atoms. The Bertz CT molecular complexity index is 366. The van der Waals surface area contributed by atoms with Crippen molar-refractivity contribution in [2.75, 3.05) is 20.1 Å². The summed E-state index contributed by atoms with van der Waals surface area (Å²) in [4.78, 5) is 18.1. The van der Waals surface area contributed by atoms with E-state index in [0.29, 0.717) is 30.3 Å². The van der Waals surface area contributed by atoms with Crippen LogP contribution in [0.2, 0.25) is 0 Å². The number of hydrogen-bond donors (Lipinski definition) is 2. The molecule has 3 fully saturated rings. The number of rotatable bonds is 4. The molecule has 6 heteroatoms. The highest BCUT2D eigenvalue weighted by Gasteiger charge is 2.39. The molecule has 0 radical (unpaired) electrons. The van der Waals surface area contributed by atoms with E-state index in [0.717, 1.165) is 19.0 Å². The van der Waals surface area contributed by atoms with Gasteiger partial charge in [-0.3, -0.25) is 9.79 Å². The van der Waals surface area contributed by atoms with Crippen molar-refractivity contribution in [3.8, 4) is 0 Å². The third-order valence-corrected chi connectivity index (χ3v) is 3.93. The first-order valence-electron chi connectivity index (χ1n) is 7.03. The highest BCUT2D eigenvalue weighted by Crippen LogP contribution is 2.32. The largest absolute Gasteiger partial charge is 0.356 e. The third-order valence-electron chi connectivity index (χ3n) is 3.93. The molecule has 0 aromatic rings. The Morgan fingerprint density at radius 3 is 2.68 bits per heavy atom. The second-order valence-corrected chi connectivity index (χ2v) is 5.72. The molecule has 0 spiro atoms. The average molecular weight is 378 g/mol. The van der Waals surface area contributed by atoms with Crippen molar-refractivity contribution in [2.24, 2.45) is 10.9 Å². The van der Waals surface area contributed by atoms with Crippen molar-refractivity contribution in [1.82, 2.24) is 15.5 Å². The summed E-state index contributed by atoms with van der Waals surface area (Å²) in [6.45, 7) is 1.78. The normalized spacial score (nSPS) is 27.2. The molecule has 3 rings (SSSR count). The van der Waals surface area contributed by atoms with Crippen molar-refractivity contribution in [2.45, 2.75) is 44.2 Å². The van der Waals surface area contributed by atoms with Gasteiger partial charge in [0, 0.05) is 44.6 Å². The Hall–Kier alpha value is -0.530. The summed E-state index contributed by atoms with van der Waals surface area (Å²) in [6, 6.07) is 1.18. The maximum absolute atomic E-state index is 11.8. The Morgan fingerprint density at radius 2 is 2.11 bits per heavy atom. The van der Waals surface area contributed by atoms with Crippen LogP contribution in [0.5, 0.6) is 0 Å². The minimum Gasteiger partial charge on any atom is -0.356 e. The second-order valence-electron chi connectivity index (χ2n) is 5.72. The Morgan fingerprint density at radius 1 is 1.37 bits per heavy atom. The lowest BCUT2D eigenvalue weighted by Gasteiger charge is -2.17. The molecule has 1 unspecified atom stereocenters. The number of aliphatic imine (C=N–C) groups is 1. The van der Waals surface area contributed by atoms with Crippen LogP contribution >= 0.6 is 24.0 Å². The van der Waals surface area contributed by atoms with Crippen LogP contribution in [0, 0.1) is 5.92 Å². The van der Waals surface area contributed by atoms with Gasteiger partial charge in [0.25, 0.3) is 0 Å². The fourth-order valence-corrected chi connectivity index (χ4v) is 2.54. The second kappa shape index (κ2) is 6.28. The average Bonchev–Trinajstić information content (AvgIpc) is 3.25. The van der Waals surface area contributed by atoms with Crippen LogP contribution in [-0.4, -0.2) is 49.0 Å². The molecule has 1 amide bonds. The number of nitrogens with zero attached hydrogens (tertiary/aromatic N) is 2. The first-order valence-corrected chi connectivity index (χ1v) is 7.03. The first kappa shape index (κ1) is 14.9. The van der Waals surface area contributed by atoms with Crippen LogP contribution in [0.4, 0.5) is 0 Å². The zero-order valence-electron chi connectivity index (χ0n) is 11.4. The lowest BCUT2D eigenvalue weighted by Crippen LogP contribution is -2.41. The molecule has 3 aliphatic rings. The van der Waals surface area contributed by atoms with Crippen LogP contribution < -0.4 is 10.6 Å². The van der Waals surface area contributed by atoms with Gasteiger partial charge in [-0.15, -0.1) is 24.0 Å². The maximum atomic E-state index is 11.8. The van der Waals surface area contributed by atoms with Crippen LogP contribution in [0.25, 0.3) is 0 Å². The van der Waals surface area contributed by atoms with Crippen LogP contribution in [0.3, 0.4) is 0 Å². The minimum atomic E-state index is 0. The summed E-state index contributed by atoms with van der Waals surface area (Å²) in [6.07, 6.45) is 5.60.